The fourth-order valence-electron chi connectivity index (χ4n) is 3.50. The second-order valence-corrected chi connectivity index (χ2v) is 9.97. The van der Waals surface area contributed by atoms with Gasteiger partial charge < -0.3 is 10.6 Å². The second kappa shape index (κ2) is 12.9. The van der Waals surface area contributed by atoms with Crippen molar-refractivity contribution < 1.29 is 14.4 Å². The molecular weight excluding hydrogens is 516 g/mol. The number of carbonyl (C=O) groups is 3. The molecule has 0 aliphatic carbocycles. The van der Waals surface area contributed by atoms with E-state index in [1.165, 1.54) is 11.8 Å². The van der Waals surface area contributed by atoms with Gasteiger partial charge in [0, 0.05) is 26.7 Å². The topological polar surface area (TPSA) is 75.3 Å². The molecule has 2 amide bonds. The van der Waals surface area contributed by atoms with E-state index >= 15 is 0 Å². The Morgan fingerprint density at radius 3 is 2.24 bits per heavy atom. The van der Waals surface area contributed by atoms with Gasteiger partial charge in [-0.2, -0.15) is 0 Å². The minimum Gasteiger partial charge on any atom is -0.321 e. The molecule has 0 aliphatic heterocycles. The summed E-state index contributed by atoms with van der Waals surface area (Å²) in [7, 11) is 0. The number of hydrogen-bond acceptors (Lipinski definition) is 4. The number of anilines is 1. The van der Waals surface area contributed by atoms with E-state index < -0.39 is 5.91 Å². The average Bonchev–Trinajstić information content (AvgIpc) is 2.93. The van der Waals surface area contributed by atoms with Crippen LogP contribution in [0.5, 0.6) is 0 Å². The highest BCUT2D eigenvalue weighted by Crippen LogP contribution is 2.23. The molecule has 0 heterocycles. The Morgan fingerprint density at radius 2 is 1.53 bits per heavy atom. The van der Waals surface area contributed by atoms with Gasteiger partial charge in [0.2, 0.25) is 0 Å². The number of ketones is 1. The van der Waals surface area contributed by atoms with Crippen LogP contribution in [0.3, 0.4) is 0 Å². The summed E-state index contributed by atoms with van der Waals surface area (Å²) in [5.41, 5.74) is 3.55. The van der Waals surface area contributed by atoms with Crippen molar-refractivity contribution in [1.29, 1.82) is 0 Å². The zero-order valence-electron chi connectivity index (χ0n) is 20.6. The standard InChI is InChI=1S/C31H25ClN2O3S/c1-21-10-12-22(13-11-21)18-28(34-30(36)24-6-3-2-4-7-24)31(37)33-26-8-5-9-27(19-26)38-20-29(35)23-14-16-25(32)17-15-23/h2-19H,20H2,1H3,(H,33,37)(H,34,36)/b28-18-. The normalized spacial score (nSPS) is 11.1. The van der Waals surface area contributed by atoms with Crippen LogP contribution in [-0.2, 0) is 4.79 Å². The Balaban J connectivity index is 1.48. The maximum absolute atomic E-state index is 13.3. The monoisotopic (exact) mass is 540 g/mol. The third kappa shape index (κ3) is 7.68. The van der Waals surface area contributed by atoms with Crippen LogP contribution in [0.25, 0.3) is 6.08 Å². The van der Waals surface area contributed by atoms with Gasteiger partial charge in [-0.3, -0.25) is 14.4 Å². The minimum atomic E-state index is -0.464. The van der Waals surface area contributed by atoms with E-state index in [0.29, 0.717) is 21.8 Å². The third-order valence-corrected chi connectivity index (χ3v) is 6.79. The highest BCUT2D eigenvalue weighted by Gasteiger charge is 2.15. The van der Waals surface area contributed by atoms with Gasteiger partial charge in [0.1, 0.15) is 5.70 Å². The molecule has 38 heavy (non-hydrogen) atoms. The van der Waals surface area contributed by atoms with Crippen LogP contribution in [0.1, 0.15) is 31.8 Å². The highest BCUT2D eigenvalue weighted by atomic mass is 35.5. The van der Waals surface area contributed by atoms with Crippen molar-refractivity contribution in [3.63, 3.8) is 0 Å². The van der Waals surface area contributed by atoms with Crippen LogP contribution in [-0.4, -0.2) is 23.4 Å². The Morgan fingerprint density at radius 1 is 0.816 bits per heavy atom. The number of carbonyl (C=O) groups excluding carboxylic acids is 3. The second-order valence-electron chi connectivity index (χ2n) is 8.49. The molecule has 4 rings (SSSR count). The Labute approximate surface area is 230 Å². The van der Waals surface area contributed by atoms with Crippen LogP contribution in [0, 0.1) is 6.92 Å². The van der Waals surface area contributed by atoms with Crippen LogP contribution in [0.2, 0.25) is 5.02 Å². The number of rotatable bonds is 9. The number of amides is 2. The van der Waals surface area contributed by atoms with Crippen molar-refractivity contribution in [2.75, 3.05) is 11.1 Å². The number of benzene rings is 4. The smallest absolute Gasteiger partial charge is 0.272 e. The lowest BCUT2D eigenvalue weighted by Gasteiger charge is -2.12. The molecule has 0 bridgehead atoms. The molecule has 5 nitrogen and oxygen atoms in total. The summed E-state index contributed by atoms with van der Waals surface area (Å²) in [6.45, 7) is 1.98. The lowest BCUT2D eigenvalue weighted by Crippen LogP contribution is -2.30. The Hall–Kier alpha value is -4.13. The summed E-state index contributed by atoms with van der Waals surface area (Å²) in [5.74, 6) is -0.628. The maximum atomic E-state index is 13.3. The zero-order chi connectivity index (χ0) is 26.9. The predicted molar refractivity (Wildman–Crippen MR) is 155 cm³/mol. The quantitative estimate of drug-likeness (QED) is 0.136. The Bertz CT molecular complexity index is 1470. The van der Waals surface area contributed by atoms with E-state index in [4.69, 9.17) is 11.6 Å². The SMILES string of the molecule is Cc1ccc(/C=C(\NC(=O)c2ccccc2)C(=O)Nc2cccc(SCC(=O)c3ccc(Cl)cc3)c2)cc1. The summed E-state index contributed by atoms with van der Waals surface area (Å²) in [6.07, 6.45) is 1.64. The Kier molecular flexibility index (Phi) is 9.14. The molecule has 2 N–H and O–H groups in total. The average molecular weight is 541 g/mol. The number of Topliss-reactive ketones (excluding diaryl/α,β-unsaturated/α-hetero) is 1. The first-order valence-electron chi connectivity index (χ1n) is 11.8. The van der Waals surface area contributed by atoms with Crippen LogP contribution >= 0.6 is 23.4 Å². The predicted octanol–water partition coefficient (Wildman–Crippen LogP) is 7.03. The van der Waals surface area contributed by atoms with E-state index in [-0.39, 0.29) is 23.1 Å². The molecule has 0 unspecified atom stereocenters. The fourth-order valence-corrected chi connectivity index (χ4v) is 4.48. The zero-order valence-corrected chi connectivity index (χ0v) is 22.2. The molecule has 7 heteroatoms. The molecule has 190 valence electrons. The van der Waals surface area contributed by atoms with Gasteiger partial charge in [-0.25, -0.2) is 0 Å². The summed E-state index contributed by atoms with van der Waals surface area (Å²) < 4.78 is 0. The largest absolute Gasteiger partial charge is 0.321 e. The van der Waals surface area contributed by atoms with Crippen molar-refractivity contribution in [2.45, 2.75) is 11.8 Å². The summed E-state index contributed by atoms with van der Waals surface area (Å²) in [4.78, 5) is 39.4. The first kappa shape index (κ1) is 26.9. The molecule has 0 radical (unpaired) electrons. The number of hydrogen-bond donors (Lipinski definition) is 2. The third-order valence-electron chi connectivity index (χ3n) is 5.55. The highest BCUT2D eigenvalue weighted by molar-refractivity contribution is 8.00. The van der Waals surface area contributed by atoms with Crippen molar-refractivity contribution in [2.24, 2.45) is 0 Å². The molecule has 0 fully saturated rings. The summed E-state index contributed by atoms with van der Waals surface area (Å²) in [5, 5.41) is 6.18. The van der Waals surface area contributed by atoms with Gasteiger partial charge >= 0.3 is 0 Å². The van der Waals surface area contributed by atoms with E-state index in [1.54, 1.807) is 72.8 Å². The number of thioether (sulfide) groups is 1. The van der Waals surface area contributed by atoms with Gasteiger partial charge in [-0.05, 0) is 73.2 Å². The molecule has 0 aromatic heterocycles. The van der Waals surface area contributed by atoms with Crippen LogP contribution in [0.4, 0.5) is 5.69 Å². The summed E-state index contributed by atoms with van der Waals surface area (Å²) in [6, 6.07) is 30.3. The van der Waals surface area contributed by atoms with Gasteiger partial charge in [-0.1, -0.05) is 65.7 Å². The summed E-state index contributed by atoms with van der Waals surface area (Å²) >= 11 is 7.27. The lowest BCUT2D eigenvalue weighted by atomic mass is 10.1. The van der Waals surface area contributed by atoms with Gasteiger partial charge in [0.05, 0.1) is 5.75 Å². The van der Waals surface area contributed by atoms with Crippen molar-refractivity contribution >= 4 is 52.7 Å². The molecular formula is C31H25ClN2O3S. The van der Waals surface area contributed by atoms with E-state index in [1.807, 2.05) is 43.3 Å². The molecule has 0 spiro atoms. The van der Waals surface area contributed by atoms with Crippen molar-refractivity contribution in [3.8, 4) is 0 Å². The minimum absolute atomic E-state index is 0.0203. The molecule has 4 aromatic rings. The van der Waals surface area contributed by atoms with Gasteiger partial charge in [0.25, 0.3) is 11.8 Å². The number of nitrogens with one attached hydrogen (secondary N) is 2. The van der Waals surface area contributed by atoms with Crippen LogP contribution in [0.15, 0.2) is 114 Å². The van der Waals surface area contributed by atoms with Gasteiger partial charge in [0.15, 0.2) is 5.78 Å². The first-order chi connectivity index (χ1) is 18.4. The first-order valence-corrected chi connectivity index (χ1v) is 13.2. The lowest BCUT2D eigenvalue weighted by molar-refractivity contribution is -0.113. The molecule has 0 saturated heterocycles. The van der Waals surface area contributed by atoms with E-state index in [2.05, 4.69) is 10.6 Å². The number of halogens is 1. The fraction of sp³-hybridized carbons (Fsp3) is 0.0645. The molecule has 0 saturated carbocycles. The number of aryl methyl sites for hydroxylation is 1. The molecule has 0 aliphatic rings. The van der Waals surface area contributed by atoms with E-state index in [0.717, 1.165) is 16.0 Å². The van der Waals surface area contributed by atoms with Crippen molar-refractivity contribution in [1.82, 2.24) is 5.32 Å². The van der Waals surface area contributed by atoms with E-state index in [9.17, 15) is 14.4 Å². The van der Waals surface area contributed by atoms with Gasteiger partial charge in [-0.15, -0.1) is 11.8 Å². The molecule has 4 aromatic carbocycles. The maximum Gasteiger partial charge on any atom is 0.272 e. The van der Waals surface area contributed by atoms with Crippen LogP contribution < -0.4 is 10.6 Å². The molecule has 0 atom stereocenters. The van der Waals surface area contributed by atoms with Crippen molar-refractivity contribution in [3.05, 3.63) is 136 Å².